The first-order valence-corrected chi connectivity index (χ1v) is 8.76. The first-order chi connectivity index (χ1) is 12.7. The number of hydrogen-bond donors (Lipinski definition) is 1. The van der Waals surface area contributed by atoms with Crippen LogP contribution in [0.1, 0.15) is 29.0 Å². The van der Waals surface area contributed by atoms with Gasteiger partial charge in [-0.15, -0.1) is 0 Å². The molecule has 0 radical (unpaired) electrons. The van der Waals surface area contributed by atoms with Crippen molar-refractivity contribution in [1.29, 1.82) is 0 Å². The van der Waals surface area contributed by atoms with E-state index in [1.54, 1.807) is 18.6 Å². The Kier molecular flexibility index (Phi) is 4.52. The van der Waals surface area contributed by atoms with Crippen LogP contribution in [0.2, 0.25) is 0 Å². The number of carbonyl (C=O) groups is 1. The van der Waals surface area contributed by atoms with Gasteiger partial charge in [0.15, 0.2) is 0 Å². The molecule has 1 heterocycles. The Labute approximate surface area is 151 Å². The van der Waals surface area contributed by atoms with E-state index in [2.05, 4.69) is 22.4 Å². The molecule has 3 aromatic rings. The number of benzene rings is 2. The molecule has 2 aromatic carbocycles. The fraction of sp³-hybridized carbons (Fsp3) is 0.238. The monoisotopic (exact) mass is 349 g/mol. The summed E-state index contributed by atoms with van der Waals surface area (Å²) in [6.07, 6.45) is 6.26. The van der Waals surface area contributed by atoms with Crippen LogP contribution < -0.4 is 5.32 Å². The fourth-order valence-corrected chi connectivity index (χ4v) is 3.34. The first kappa shape index (κ1) is 16.5. The molecule has 0 saturated heterocycles. The third-order valence-electron chi connectivity index (χ3n) is 4.79. The predicted octanol–water partition coefficient (Wildman–Crippen LogP) is 3.49. The molecule has 1 aliphatic rings. The number of imidazole rings is 1. The molecule has 1 aromatic heterocycles. The van der Waals surface area contributed by atoms with Gasteiger partial charge in [0, 0.05) is 31.4 Å². The van der Waals surface area contributed by atoms with Crippen molar-refractivity contribution in [2.75, 3.05) is 0 Å². The van der Waals surface area contributed by atoms with Gasteiger partial charge in [-0.1, -0.05) is 36.4 Å². The standard InChI is InChI=1S/C21H20FN3O/c22-18-6-2-5-17(10-18)19-11-20(19)21(26)24-12-15-3-1-4-16(9-15)13-25-8-7-23-14-25/h1-10,14,19-20H,11-13H2,(H,24,26). The number of aromatic nitrogens is 2. The van der Waals surface area contributed by atoms with E-state index in [0.29, 0.717) is 6.54 Å². The lowest BCUT2D eigenvalue weighted by Gasteiger charge is -2.08. The van der Waals surface area contributed by atoms with Crippen molar-refractivity contribution >= 4 is 5.91 Å². The Morgan fingerprint density at radius 1 is 1.19 bits per heavy atom. The van der Waals surface area contributed by atoms with Crippen molar-refractivity contribution in [1.82, 2.24) is 14.9 Å². The molecule has 4 nitrogen and oxygen atoms in total. The van der Waals surface area contributed by atoms with Crippen LogP contribution in [0.4, 0.5) is 4.39 Å². The quantitative estimate of drug-likeness (QED) is 0.740. The highest BCUT2D eigenvalue weighted by Gasteiger charge is 2.43. The maximum absolute atomic E-state index is 13.3. The molecule has 0 spiro atoms. The zero-order valence-electron chi connectivity index (χ0n) is 14.3. The smallest absolute Gasteiger partial charge is 0.224 e. The lowest BCUT2D eigenvalue weighted by molar-refractivity contribution is -0.122. The van der Waals surface area contributed by atoms with Crippen LogP contribution >= 0.6 is 0 Å². The minimum absolute atomic E-state index is 0.0410. The maximum Gasteiger partial charge on any atom is 0.224 e. The molecule has 0 aliphatic heterocycles. The topological polar surface area (TPSA) is 46.9 Å². The molecule has 2 unspecified atom stereocenters. The van der Waals surface area contributed by atoms with Crippen LogP contribution in [0, 0.1) is 11.7 Å². The zero-order valence-corrected chi connectivity index (χ0v) is 14.3. The van der Waals surface area contributed by atoms with E-state index in [0.717, 1.165) is 24.1 Å². The summed E-state index contributed by atoms with van der Waals surface area (Å²) in [5.74, 6) is -0.119. The van der Waals surface area contributed by atoms with Crippen molar-refractivity contribution in [3.8, 4) is 0 Å². The van der Waals surface area contributed by atoms with Gasteiger partial charge in [0.05, 0.1) is 6.33 Å². The molecule has 5 heteroatoms. The lowest BCUT2D eigenvalue weighted by Crippen LogP contribution is -2.24. The molecule has 1 fully saturated rings. The van der Waals surface area contributed by atoms with Gasteiger partial charge in [0.25, 0.3) is 0 Å². The van der Waals surface area contributed by atoms with E-state index < -0.39 is 0 Å². The van der Waals surface area contributed by atoms with Crippen LogP contribution in [0.15, 0.2) is 67.3 Å². The second-order valence-electron chi connectivity index (χ2n) is 6.78. The summed E-state index contributed by atoms with van der Waals surface area (Å²) in [5.41, 5.74) is 3.14. The predicted molar refractivity (Wildman–Crippen MR) is 96.9 cm³/mol. The van der Waals surface area contributed by atoms with Gasteiger partial charge in [-0.05, 0) is 41.2 Å². The minimum atomic E-state index is -0.247. The largest absolute Gasteiger partial charge is 0.352 e. The molecule has 1 amide bonds. The molecular formula is C21H20FN3O. The second-order valence-corrected chi connectivity index (χ2v) is 6.78. The van der Waals surface area contributed by atoms with Gasteiger partial charge >= 0.3 is 0 Å². The Morgan fingerprint density at radius 3 is 2.85 bits per heavy atom. The molecule has 1 aliphatic carbocycles. The first-order valence-electron chi connectivity index (χ1n) is 8.76. The van der Waals surface area contributed by atoms with Crippen LogP contribution in [0.3, 0.4) is 0 Å². The number of nitrogens with zero attached hydrogens (tertiary/aromatic N) is 2. The number of carbonyl (C=O) groups excluding carboxylic acids is 1. The number of amides is 1. The summed E-state index contributed by atoms with van der Waals surface area (Å²) < 4.78 is 15.3. The van der Waals surface area contributed by atoms with E-state index in [4.69, 9.17) is 0 Å². The third-order valence-corrected chi connectivity index (χ3v) is 4.79. The average molecular weight is 349 g/mol. The summed E-state index contributed by atoms with van der Waals surface area (Å²) >= 11 is 0. The van der Waals surface area contributed by atoms with Crippen LogP contribution in [0.5, 0.6) is 0 Å². The summed E-state index contributed by atoms with van der Waals surface area (Å²) in [6, 6.07) is 14.7. The summed E-state index contributed by atoms with van der Waals surface area (Å²) in [4.78, 5) is 16.4. The summed E-state index contributed by atoms with van der Waals surface area (Å²) in [7, 11) is 0. The van der Waals surface area contributed by atoms with E-state index in [9.17, 15) is 9.18 Å². The Hall–Kier alpha value is -2.95. The van der Waals surface area contributed by atoms with Gasteiger partial charge in [-0.3, -0.25) is 4.79 Å². The number of halogens is 1. The number of hydrogen-bond acceptors (Lipinski definition) is 2. The van der Waals surface area contributed by atoms with Gasteiger partial charge < -0.3 is 9.88 Å². The molecular weight excluding hydrogens is 329 g/mol. The highest BCUT2D eigenvalue weighted by atomic mass is 19.1. The Bertz CT molecular complexity index is 907. The number of rotatable bonds is 6. The van der Waals surface area contributed by atoms with Crippen molar-refractivity contribution in [2.45, 2.75) is 25.4 Å². The van der Waals surface area contributed by atoms with Crippen LogP contribution in [-0.4, -0.2) is 15.5 Å². The van der Waals surface area contributed by atoms with Crippen molar-refractivity contribution in [3.63, 3.8) is 0 Å². The Balaban J connectivity index is 1.32. The molecule has 0 bridgehead atoms. The second kappa shape index (κ2) is 7.12. The SMILES string of the molecule is O=C(NCc1cccc(Cn2ccnc2)c1)C1CC1c1cccc(F)c1. The van der Waals surface area contributed by atoms with E-state index >= 15 is 0 Å². The van der Waals surface area contributed by atoms with Crippen molar-refractivity contribution in [2.24, 2.45) is 5.92 Å². The fourth-order valence-electron chi connectivity index (χ4n) is 3.34. The maximum atomic E-state index is 13.3. The van der Waals surface area contributed by atoms with Gasteiger partial charge in [0.2, 0.25) is 5.91 Å². The van der Waals surface area contributed by atoms with E-state index in [1.165, 1.54) is 17.7 Å². The number of nitrogens with one attached hydrogen (secondary N) is 1. The molecule has 1 saturated carbocycles. The van der Waals surface area contributed by atoms with E-state index in [-0.39, 0.29) is 23.6 Å². The molecule has 132 valence electrons. The van der Waals surface area contributed by atoms with Gasteiger partial charge in [0.1, 0.15) is 5.82 Å². The highest BCUT2D eigenvalue weighted by Crippen LogP contribution is 2.47. The van der Waals surface area contributed by atoms with E-state index in [1.807, 2.05) is 29.0 Å². The normalized spacial score (nSPS) is 18.5. The summed E-state index contributed by atoms with van der Waals surface area (Å²) in [5, 5.41) is 3.01. The molecule has 4 rings (SSSR count). The van der Waals surface area contributed by atoms with Gasteiger partial charge in [-0.25, -0.2) is 9.37 Å². The third kappa shape index (κ3) is 3.82. The van der Waals surface area contributed by atoms with Crippen LogP contribution in [-0.2, 0) is 17.9 Å². The van der Waals surface area contributed by atoms with Crippen LogP contribution in [0.25, 0.3) is 0 Å². The van der Waals surface area contributed by atoms with Gasteiger partial charge in [-0.2, -0.15) is 0 Å². The van der Waals surface area contributed by atoms with Crippen molar-refractivity contribution in [3.05, 3.63) is 89.8 Å². The zero-order chi connectivity index (χ0) is 17.9. The minimum Gasteiger partial charge on any atom is -0.352 e. The highest BCUT2D eigenvalue weighted by molar-refractivity contribution is 5.82. The molecule has 2 atom stereocenters. The summed E-state index contributed by atoms with van der Waals surface area (Å²) in [6.45, 7) is 1.26. The Morgan fingerprint density at radius 2 is 2.04 bits per heavy atom. The molecule has 26 heavy (non-hydrogen) atoms. The van der Waals surface area contributed by atoms with Crippen molar-refractivity contribution < 1.29 is 9.18 Å². The molecule has 1 N–H and O–H groups in total. The average Bonchev–Trinajstić information content (AvgIpc) is 3.30. The lowest BCUT2D eigenvalue weighted by atomic mass is 10.1.